The van der Waals surface area contributed by atoms with Gasteiger partial charge >= 0.3 is 0 Å². The average Bonchev–Trinajstić information content (AvgIpc) is 2.86. The molecule has 0 aliphatic carbocycles. The number of sulfonamides is 1. The Balaban J connectivity index is 2.30. The molecule has 0 atom stereocenters. The Morgan fingerprint density at radius 1 is 1.37 bits per heavy atom. The molecule has 0 fully saturated rings. The van der Waals surface area contributed by atoms with E-state index < -0.39 is 10.0 Å². The molecule has 7 nitrogen and oxygen atoms in total. The topological polar surface area (TPSA) is 73.0 Å². The van der Waals surface area contributed by atoms with Crippen LogP contribution in [0.1, 0.15) is 11.4 Å². The summed E-state index contributed by atoms with van der Waals surface area (Å²) >= 11 is 0. The summed E-state index contributed by atoms with van der Waals surface area (Å²) in [6, 6.07) is 1.79. The van der Waals surface area contributed by atoms with Gasteiger partial charge in [0.2, 0.25) is 10.0 Å². The fraction of sp³-hybridized carbons (Fsp3) is 0.455. The SMILES string of the molecule is Cc1nn(C)cc1S(=O)(=O)N(C)Cc1ccnn1C. The first-order valence-corrected chi connectivity index (χ1v) is 7.20. The van der Waals surface area contributed by atoms with Crippen molar-refractivity contribution in [1.82, 2.24) is 23.9 Å². The van der Waals surface area contributed by atoms with Gasteiger partial charge in [-0.3, -0.25) is 9.36 Å². The van der Waals surface area contributed by atoms with Crippen LogP contribution in [0.5, 0.6) is 0 Å². The van der Waals surface area contributed by atoms with Gasteiger partial charge < -0.3 is 0 Å². The molecule has 19 heavy (non-hydrogen) atoms. The Bertz CT molecular complexity index is 686. The van der Waals surface area contributed by atoms with Crippen molar-refractivity contribution in [2.24, 2.45) is 14.1 Å². The average molecular weight is 283 g/mol. The summed E-state index contributed by atoms with van der Waals surface area (Å²) in [5, 5.41) is 8.09. The molecule has 0 aromatic carbocycles. The number of hydrogen-bond donors (Lipinski definition) is 0. The van der Waals surface area contributed by atoms with Gasteiger partial charge in [-0.15, -0.1) is 0 Å². The van der Waals surface area contributed by atoms with Crippen molar-refractivity contribution in [3.8, 4) is 0 Å². The van der Waals surface area contributed by atoms with Crippen LogP contribution in [0.4, 0.5) is 0 Å². The van der Waals surface area contributed by atoms with E-state index in [0.717, 1.165) is 5.69 Å². The molecule has 2 aromatic heterocycles. The molecule has 104 valence electrons. The Morgan fingerprint density at radius 2 is 2.05 bits per heavy atom. The van der Waals surface area contributed by atoms with Crippen LogP contribution in [0.15, 0.2) is 23.4 Å². The molecule has 2 aromatic rings. The van der Waals surface area contributed by atoms with Crippen molar-refractivity contribution in [2.75, 3.05) is 7.05 Å². The lowest BCUT2D eigenvalue weighted by Crippen LogP contribution is -2.27. The van der Waals surface area contributed by atoms with Crippen LogP contribution >= 0.6 is 0 Å². The van der Waals surface area contributed by atoms with Gasteiger partial charge in [-0.05, 0) is 13.0 Å². The van der Waals surface area contributed by atoms with Gasteiger partial charge in [-0.2, -0.15) is 14.5 Å². The van der Waals surface area contributed by atoms with Crippen LogP contribution in [-0.2, 0) is 30.7 Å². The van der Waals surface area contributed by atoms with E-state index in [1.165, 1.54) is 15.2 Å². The van der Waals surface area contributed by atoms with Gasteiger partial charge in [-0.25, -0.2) is 8.42 Å². The quantitative estimate of drug-likeness (QED) is 0.808. The number of hydrogen-bond acceptors (Lipinski definition) is 4. The van der Waals surface area contributed by atoms with E-state index >= 15 is 0 Å². The second-order valence-corrected chi connectivity index (χ2v) is 6.47. The zero-order valence-electron chi connectivity index (χ0n) is 11.4. The third kappa shape index (κ3) is 2.54. The van der Waals surface area contributed by atoms with Crippen molar-refractivity contribution in [3.63, 3.8) is 0 Å². The summed E-state index contributed by atoms with van der Waals surface area (Å²) < 4.78 is 29.3. The van der Waals surface area contributed by atoms with Crippen molar-refractivity contribution in [2.45, 2.75) is 18.4 Å². The lowest BCUT2D eigenvalue weighted by molar-refractivity contribution is 0.452. The van der Waals surface area contributed by atoms with Gasteiger partial charge in [0.25, 0.3) is 0 Å². The molecule has 0 aliphatic rings. The highest BCUT2D eigenvalue weighted by atomic mass is 32.2. The van der Waals surface area contributed by atoms with Crippen LogP contribution in [0, 0.1) is 6.92 Å². The Kier molecular flexibility index (Phi) is 3.46. The molecule has 0 unspecified atom stereocenters. The number of aryl methyl sites for hydroxylation is 3. The van der Waals surface area contributed by atoms with E-state index in [-0.39, 0.29) is 11.4 Å². The normalized spacial score (nSPS) is 12.3. The van der Waals surface area contributed by atoms with Crippen LogP contribution in [0.2, 0.25) is 0 Å². The lowest BCUT2D eigenvalue weighted by atomic mass is 10.4. The van der Waals surface area contributed by atoms with E-state index in [1.54, 1.807) is 45.0 Å². The van der Waals surface area contributed by atoms with Crippen LogP contribution in [0.25, 0.3) is 0 Å². The maximum absolute atomic E-state index is 12.4. The summed E-state index contributed by atoms with van der Waals surface area (Å²) in [4.78, 5) is 0.236. The summed E-state index contributed by atoms with van der Waals surface area (Å²) in [6.07, 6.45) is 3.16. The molecule has 2 rings (SSSR count). The fourth-order valence-electron chi connectivity index (χ4n) is 1.87. The molecule has 0 radical (unpaired) electrons. The van der Waals surface area contributed by atoms with Crippen LogP contribution in [0.3, 0.4) is 0 Å². The van der Waals surface area contributed by atoms with Crippen LogP contribution in [-0.4, -0.2) is 39.3 Å². The van der Waals surface area contributed by atoms with Crippen molar-refractivity contribution < 1.29 is 8.42 Å². The molecular formula is C11H17N5O2S. The minimum atomic E-state index is -3.53. The molecule has 0 aliphatic heterocycles. The zero-order valence-corrected chi connectivity index (χ0v) is 12.2. The van der Waals surface area contributed by atoms with Gasteiger partial charge in [0.05, 0.1) is 17.9 Å². The molecule has 0 amide bonds. The van der Waals surface area contributed by atoms with E-state index in [1.807, 2.05) is 0 Å². The van der Waals surface area contributed by atoms with E-state index in [0.29, 0.717) is 5.69 Å². The third-order valence-corrected chi connectivity index (χ3v) is 4.87. The van der Waals surface area contributed by atoms with Crippen molar-refractivity contribution in [1.29, 1.82) is 0 Å². The zero-order chi connectivity index (χ0) is 14.2. The monoisotopic (exact) mass is 283 g/mol. The Labute approximate surface area is 112 Å². The predicted molar refractivity (Wildman–Crippen MR) is 69.8 cm³/mol. The minimum Gasteiger partial charge on any atom is -0.274 e. The minimum absolute atomic E-state index is 0.236. The van der Waals surface area contributed by atoms with Crippen molar-refractivity contribution in [3.05, 3.63) is 29.8 Å². The maximum atomic E-state index is 12.4. The highest BCUT2D eigenvalue weighted by molar-refractivity contribution is 7.89. The largest absolute Gasteiger partial charge is 0.274 e. The second-order valence-electron chi connectivity index (χ2n) is 4.46. The maximum Gasteiger partial charge on any atom is 0.246 e. The van der Waals surface area contributed by atoms with E-state index in [4.69, 9.17) is 0 Å². The van der Waals surface area contributed by atoms with Gasteiger partial charge in [0, 0.05) is 33.5 Å². The predicted octanol–water partition coefficient (Wildman–Crippen LogP) is 0.283. The summed E-state index contributed by atoms with van der Waals surface area (Å²) in [6.45, 7) is 1.96. The number of aromatic nitrogens is 4. The van der Waals surface area contributed by atoms with Gasteiger partial charge in [-0.1, -0.05) is 0 Å². The van der Waals surface area contributed by atoms with Gasteiger partial charge in [0.1, 0.15) is 4.90 Å². The molecule has 0 spiro atoms. The highest BCUT2D eigenvalue weighted by Gasteiger charge is 2.25. The Hall–Kier alpha value is -1.67. The third-order valence-electron chi connectivity index (χ3n) is 2.96. The summed E-state index contributed by atoms with van der Waals surface area (Å²) in [5.74, 6) is 0. The molecular weight excluding hydrogens is 266 g/mol. The number of nitrogens with zero attached hydrogens (tertiary/aromatic N) is 5. The first-order valence-electron chi connectivity index (χ1n) is 5.76. The van der Waals surface area contributed by atoms with Gasteiger partial charge in [0.15, 0.2) is 0 Å². The number of rotatable bonds is 4. The standard InChI is InChI=1S/C11H17N5O2S/c1-9-11(8-14(2)13-9)19(17,18)15(3)7-10-5-6-12-16(10)4/h5-6,8H,7H2,1-4H3. The molecule has 0 saturated carbocycles. The van der Waals surface area contributed by atoms with Crippen LogP contribution < -0.4 is 0 Å². The first-order chi connectivity index (χ1) is 8.82. The van der Waals surface area contributed by atoms with E-state index in [2.05, 4.69) is 10.2 Å². The lowest BCUT2D eigenvalue weighted by Gasteiger charge is -2.16. The summed E-state index contributed by atoms with van der Waals surface area (Å²) in [5.41, 5.74) is 1.33. The van der Waals surface area contributed by atoms with Crippen molar-refractivity contribution >= 4 is 10.0 Å². The smallest absolute Gasteiger partial charge is 0.246 e. The summed E-state index contributed by atoms with van der Waals surface area (Å²) in [7, 11) is 1.50. The molecule has 8 heteroatoms. The molecule has 0 saturated heterocycles. The molecule has 0 bridgehead atoms. The fourth-order valence-corrected chi connectivity index (χ4v) is 3.21. The highest BCUT2D eigenvalue weighted by Crippen LogP contribution is 2.18. The molecule has 0 N–H and O–H groups in total. The first kappa shape index (κ1) is 13.8. The van der Waals surface area contributed by atoms with E-state index in [9.17, 15) is 8.42 Å². The molecule has 2 heterocycles. The Morgan fingerprint density at radius 3 is 2.53 bits per heavy atom. The second kappa shape index (κ2) is 4.78.